The number of nitrogens with zero attached hydrogens (tertiary/aromatic N) is 1. The summed E-state index contributed by atoms with van der Waals surface area (Å²) in [5, 5.41) is 9.28. The predicted molar refractivity (Wildman–Crippen MR) is 70.1 cm³/mol. The van der Waals surface area contributed by atoms with Gasteiger partial charge in [0, 0.05) is 12.7 Å². The van der Waals surface area contributed by atoms with E-state index < -0.39 is 17.9 Å². The first-order valence-electron chi connectivity index (χ1n) is 5.43. The Bertz CT molecular complexity index is 476. The number of halogens is 1. The zero-order chi connectivity index (χ0) is 13.9. The SMILES string of the molecule is CCC(C(=O)O)N(C)c1ccc(C(N)=O)c(Cl)c1. The molecule has 0 radical (unpaired) electrons. The van der Waals surface area contributed by atoms with Crippen molar-refractivity contribution in [3.05, 3.63) is 28.8 Å². The van der Waals surface area contributed by atoms with Gasteiger partial charge in [-0.25, -0.2) is 4.79 Å². The molecule has 0 aliphatic carbocycles. The van der Waals surface area contributed by atoms with Crippen LogP contribution in [0.2, 0.25) is 5.02 Å². The Morgan fingerprint density at radius 1 is 1.50 bits per heavy atom. The van der Waals surface area contributed by atoms with Crippen LogP contribution in [0.15, 0.2) is 18.2 Å². The van der Waals surface area contributed by atoms with E-state index in [1.54, 1.807) is 24.9 Å². The van der Waals surface area contributed by atoms with Gasteiger partial charge in [-0.2, -0.15) is 0 Å². The second-order valence-electron chi connectivity index (χ2n) is 3.90. The van der Waals surface area contributed by atoms with Crippen LogP contribution in [-0.2, 0) is 4.79 Å². The summed E-state index contributed by atoms with van der Waals surface area (Å²) in [5.41, 5.74) is 5.99. The van der Waals surface area contributed by atoms with Gasteiger partial charge in [-0.05, 0) is 24.6 Å². The summed E-state index contributed by atoms with van der Waals surface area (Å²) in [6, 6.07) is 4.01. The topological polar surface area (TPSA) is 83.6 Å². The van der Waals surface area contributed by atoms with Gasteiger partial charge in [0.25, 0.3) is 0 Å². The van der Waals surface area contributed by atoms with Gasteiger partial charge in [-0.1, -0.05) is 18.5 Å². The van der Waals surface area contributed by atoms with Crippen molar-refractivity contribution in [2.75, 3.05) is 11.9 Å². The zero-order valence-electron chi connectivity index (χ0n) is 10.2. The lowest BCUT2D eigenvalue weighted by Gasteiger charge is -2.26. The molecule has 1 unspecified atom stereocenters. The van der Waals surface area contributed by atoms with Crippen LogP contribution in [0.25, 0.3) is 0 Å². The minimum atomic E-state index is -0.907. The van der Waals surface area contributed by atoms with Crippen molar-refractivity contribution in [3.8, 4) is 0 Å². The van der Waals surface area contributed by atoms with Gasteiger partial charge < -0.3 is 15.7 Å². The molecule has 6 heteroatoms. The van der Waals surface area contributed by atoms with Gasteiger partial charge in [0.2, 0.25) is 5.91 Å². The summed E-state index contributed by atoms with van der Waals surface area (Å²) in [5.74, 6) is -1.52. The van der Waals surface area contributed by atoms with Crippen molar-refractivity contribution in [2.24, 2.45) is 5.73 Å². The van der Waals surface area contributed by atoms with Crippen molar-refractivity contribution < 1.29 is 14.7 Å². The van der Waals surface area contributed by atoms with E-state index in [0.29, 0.717) is 12.1 Å². The zero-order valence-corrected chi connectivity index (χ0v) is 10.9. The fraction of sp³-hybridized carbons (Fsp3) is 0.333. The second-order valence-corrected chi connectivity index (χ2v) is 4.31. The number of carboxylic acid groups (broad SMARTS) is 1. The Balaban J connectivity index is 3.07. The molecule has 0 fully saturated rings. The first kappa shape index (κ1) is 14.3. The molecule has 1 atom stereocenters. The van der Waals surface area contributed by atoms with Crippen LogP contribution in [0.4, 0.5) is 5.69 Å². The lowest BCUT2D eigenvalue weighted by Crippen LogP contribution is -2.38. The smallest absolute Gasteiger partial charge is 0.326 e. The number of carboxylic acids is 1. The number of likely N-dealkylation sites (N-methyl/N-ethyl adjacent to an activating group) is 1. The van der Waals surface area contributed by atoms with E-state index in [2.05, 4.69) is 0 Å². The van der Waals surface area contributed by atoms with Crippen LogP contribution >= 0.6 is 11.6 Å². The Labute approximate surface area is 110 Å². The molecule has 0 aliphatic rings. The standard InChI is InChI=1S/C12H15ClN2O3/c1-3-10(12(17)18)15(2)7-4-5-8(11(14)16)9(13)6-7/h4-6,10H,3H2,1-2H3,(H2,14,16)(H,17,18). The first-order valence-corrected chi connectivity index (χ1v) is 5.81. The third-order valence-electron chi connectivity index (χ3n) is 2.76. The molecule has 0 spiro atoms. The largest absolute Gasteiger partial charge is 0.480 e. The molecule has 3 N–H and O–H groups in total. The number of amides is 1. The number of carbonyl (C=O) groups is 2. The molecule has 0 saturated heterocycles. The quantitative estimate of drug-likeness (QED) is 0.854. The van der Waals surface area contributed by atoms with Crippen molar-refractivity contribution in [1.29, 1.82) is 0 Å². The molecular weight excluding hydrogens is 256 g/mol. The van der Waals surface area contributed by atoms with E-state index in [-0.39, 0.29) is 10.6 Å². The fourth-order valence-corrected chi connectivity index (χ4v) is 1.99. The molecule has 0 heterocycles. The van der Waals surface area contributed by atoms with Crippen LogP contribution in [0, 0.1) is 0 Å². The molecule has 0 aliphatic heterocycles. The van der Waals surface area contributed by atoms with Gasteiger partial charge in [-0.3, -0.25) is 4.79 Å². The molecule has 0 saturated carbocycles. The van der Waals surface area contributed by atoms with Gasteiger partial charge in [-0.15, -0.1) is 0 Å². The van der Waals surface area contributed by atoms with E-state index in [1.165, 1.54) is 12.1 Å². The van der Waals surface area contributed by atoms with Crippen LogP contribution < -0.4 is 10.6 Å². The number of carbonyl (C=O) groups excluding carboxylic acids is 1. The van der Waals surface area contributed by atoms with Crippen LogP contribution in [0.3, 0.4) is 0 Å². The van der Waals surface area contributed by atoms with E-state index in [9.17, 15) is 9.59 Å². The van der Waals surface area contributed by atoms with Gasteiger partial charge >= 0.3 is 5.97 Å². The molecule has 18 heavy (non-hydrogen) atoms. The number of nitrogens with two attached hydrogens (primary N) is 1. The molecule has 1 aromatic carbocycles. The van der Waals surface area contributed by atoms with E-state index in [1.807, 2.05) is 0 Å². The van der Waals surface area contributed by atoms with Crippen LogP contribution in [0.5, 0.6) is 0 Å². The van der Waals surface area contributed by atoms with E-state index >= 15 is 0 Å². The highest BCUT2D eigenvalue weighted by Gasteiger charge is 2.21. The Morgan fingerprint density at radius 3 is 2.50 bits per heavy atom. The molecule has 5 nitrogen and oxygen atoms in total. The Kier molecular flexibility index (Phi) is 4.55. The van der Waals surface area contributed by atoms with Crippen molar-refractivity contribution in [3.63, 3.8) is 0 Å². The van der Waals surface area contributed by atoms with Crippen molar-refractivity contribution in [2.45, 2.75) is 19.4 Å². The highest BCUT2D eigenvalue weighted by molar-refractivity contribution is 6.34. The number of rotatable bonds is 5. The van der Waals surface area contributed by atoms with Gasteiger partial charge in [0.15, 0.2) is 0 Å². The molecule has 1 amide bonds. The van der Waals surface area contributed by atoms with E-state index in [4.69, 9.17) is 22.4 Å². The molecule has 0 bridgehead atoms. The lowest BCUT2D eigenvalue weighted by atomic mass is 10.1. The fourth-order valence-electron chi connectivity index (χ4n) is 1.72. The predicted octanol–water partition coefficient (Wildman–Crippen LogP) is 1.74. The van der Waals surface area contributed by atoms with Crippen LogP contribution in [-0.4, -0.2) is 30.1 Å². The lowest BCUT2D eigenvalue weighted by molar-refractivity contribution is -0.138. The van der Waals surface area contributed by atoms with E-state index in [0.717, 1.165) is 0 Å². The summed E-state index contributed by atoms with van der Waals surface area (Å²) in [6.07, 6.45) is 0.459. The average Bonchev–Trinajstić information content (AvgIpc) is 2.28. The summed E-state index contributed by atoms with van der Waals surface area (Å²) >= 11 is 5.92. The maximum atomic E-state index is 11.1. The summed E-state index contributed by atoms with van der Waals surface area (Å²) < 4.78 is 0. The maximum Gasteiger partial charge on any atom is 0.326 e. The van der Waals surface area contributed by atoms with Gasteiger partial charge in [0.1, 0.15) is 6.04 Å². The number of aliphatic carboxylic acids is 1. The highest BCUT2D eigenvalue weighted by Crippen LogP contribution is 2.24. The Morgan fingerprint density at radius 2 is 2.11 bits per heavy atom. The molecule has 98 valence electrons. The third-order valence-corrected chi connectivity index (χ3v) is 3.08. The van der Waals surface area contributed by atoms with Crippen LogP contribution in [0.1, 0.15) is 23.7 Å². The Hall–Kier alpha value is -1.75. The van der Waals surface area contributed by atoms with Gasteiger partial charge in [0.05, 0.1) is 10.6 Å². The summed E-state index contributed by atoms with van der Waals surface area (Å²) in [4.78, 5) is 23.7. The number of primary amides is 1. The van der Waals surface area contributed by atoms with Crippen molar-refractivity contribution >= 4 is 29.2 Å². The number of hydrogen-bond donors (Lipinski definition) is 2. The minimum Gasteiger partial charge on any atom is -0.480 e. The molecular formula is C12H15ClN2O3. The second kappa shape index (κ2) is 5.73. The molecule has 0 aromatic heterocycles. The molecule has 1 aromatic rings. The normalized spacial score (nSPS) is 11.9. The first-order chi connectivity index (χ1) is 8.38. The number of benzene rings is 1. The summed E-state index contributed by atoms with van der Waals surface area (Å²) in [6.45, 7) is 1.79. The third kappa shape index (κ3) is 2.92. The maximum absolute atomic E-state index is 11.1. The average molecular weight is 271 g/mol. The minimum absolute atomic E-state index is 0.215. The summed E-state index contributed by atoms with van der Waals surface area (Å²) in [7, 11) is 1.66. The number of anilines is 1. The van der Waals surface area contributed by atoms with Crippen molar-refractivity contribution in [1.82, 2.24) is 0 Å². The monoisotopic (exact) mass is 270 g/mol. The number of hydrogen-bond acceptors (Lipinski definition) is 3. The highest BCUT2D eigenvalue weighted by atomic mass is 35.5. The molecule has 1 rings (SSSR count).